The average Bonchev–Trinajstić information content (AvgIpc) is 2.29. The van der Waals surface area contributed by atoms with E-state index < -0.39 is 6.04 Å². The van der Waals surface area contributed by atoms with Crippen LogP contribution in [0.2, 0.25) is 0 Å². The van der Waals surface area contributed by atoms with E-state index in [-0.39, 0.29) is 11.3 Å². The molecule has 1 unspecified atom stereocenters. The molecule has 0 saturated carbocycles. The first kappa shape index (κ1) is 14.7. The molecule has 1 rings (SSSR count). The second-order valence-corrected chi connectivity index (χ2v) is 5.82. The molecule has 0 spiro atoms. The van der Waals surface area contributed by atoms with E-state index in [0.717, 1.165) is 5.56 Å². The number of aryl methyl sites for hydroxylation is 1. The first-order chi connectivity index (χ1) is 8.25. The molecule has 3 heteroatoms. The molecule has 100 valence electrons. The van der Waals surface area contributed by atoms with Gasteiger partial charge in [0, 0.05) is 7.05 Å². The smallest absolute Gasteiger partial charge is 0.237 e. The highest BCUT2D eigenvalue weighted by Gasteiger charge is 2.17. The summed E-state index contributed by atoms with van der Waals surface area (Å²) in [6.07, 6.45) is 0.579. The molecule has 0 radical (unpaired) electrons. The van der Waals surface area contributed by atoms with Crippen LogP contribution in [0.25, 0.3) is 0 Å². The molecule has 1 atom stereocenters. The Hall–Kier alpha value is -1.35. The summed E-state index contributed by atoms with van der Waals surface area (Å²) in [7, 11) is 1.61. The molecule has 1 amide bonds. The first-order valence-electron chi connectivity index (χ1n) is 6.33. The molecule has 0 bridgehead atoms. The number of hydrogen-bond donors (Lipinski definition) is 2. The number of benzene rings is 1. The molecule has 0 saturated heterocycles. The topological polar surface area (TPSA) is 55.1 Å². The van der Waals surface area contributed by atoms with E-state index in [0.29, 0.717) is 6.42 Å². The Morgan fingerprint density at radius 1 is 1.39 bits per heavy atom. The number of hydrogen-bond acceptors (Lipinski definition) is 2. The van der Waals surface area contributed by atoms with Crippen LogP contribution in [0.5, 0.6) is 0 Å². The van der Waals surface area contributed by atoms with Gasteiger partial charge in [0.05, 0.1) is 6.04 Å². The van der Waals surface area contributed by atoms with Crippen molar-refractivity contribution in [2.45, 2.75) is 45.6 Å². The predicted molar refractivity (Wildman–Crippen MR) is 75.6 cm³/mol. The summed E-state index contributed by atoms with van der Waals surface area (Å²) in [4.78, 5) is 11.5. The van der Waals surface area contributed by atoms with Crippen LogP contribution in [-0.4, -0.2) is 19.0 Å². The van der Waals surface area contributed by atoms with Crippen molar-refractivity contribution in [2.75, 3.05) is 7.05 Å². The third-order valence-corrected chi connectivity index (χ3v) is 3.24. The van der Waals surface area contributed by atoms with Gasteiger partial charge in [0.15, 0.2) is 0 Å². The van der Waals surface area contributed by atoms with Gasteiger partial charge in [-0.05, 0) is 35.4 Å². The Morgan fingerprint density at radius 3 is 2.50 bits per heavy atom. The van der Waals surface area contributed by atoms with Gasteiger partial charge in [0.2, 0.25) is 5.91 Å². The molecule has 0 heterocycles. The molecule has 0 fully saturated rings. The van der Waals surface area contributed by atoms with Gasteiger partial charge in [-0.1, -0.05) is 39.0 Å². The first-order valence-corrected chi connectivity index (χ1v) is 6.33. The maximum absolute atomic E-state index is 11.5. The van der Waals surface area contributed by atoms with Crippen LogP contribution < -0.4 is 11.1 Å². The number of amides is 1. The van der Waals surface area contributed by atoms with Crippen molar-refractivity contribution in [3.8, 4) is 0 Å². The van der Waals surface area contributed by atoms with Crippen LogP contribution in [0.4, 0.5) is 0 Å². The summed E-state index contributed by atoms with van der Waals surface area (Å²) in [6, 6.07) is 5.93. The summed E-state index contributed by atoms with van der Waals surface area (Å²) in [6.45, 7) is 8.60. The highest BCUT2D eigenvalue weighted by molar-refractivity contribution is 5.81. The standard InChI is InChI=1S/C15H24N2O/c1-10-6-7-12(15(2,3)4)8-11(10)9-13(16)14(18)17-5/h6-8,13H,9,16H2,1-5H3,(H,17,18). The van der Waals surface area contributed by atoms with Crippen molar-refractivity contribution < 1.29 is 4.79 Å². The SMILES string of the molecule is CNC(=O)C(N)Cc1cc(C(C)(C)C)ccc1C. The Bertz CT molecular complexity index is 433. The van der Waals surface area contributed by atoms with Crippen LogP contribution in [0.1, 0.15) is 37.5 Å². The minimum absolute atomic E-state index is 0.111. The normalized spacial score (nSPS) is 13.2. The van der Waals surface area contributed by atoms with Crippen molar-refractivity contribution in [1.82, 2.24) is 5.32 Å². The minimum Gasteiger partial charge on any atom is -0.358 e. The third kappa shape index (κ3) is 3.57. The fourth-order valence-corrected chi connectivity index (χ4v) is 1.87. The lowest BCUT2D eigenvalue weighted by Crippen LogP contribution is -2.40. The van der Waals surface area contributed by atoms with Gasteiger partial charge in [-0.3, -0.25) is 4.79 Å². The summed E-state index contributed by atoms with van der Waals surface area (Å²) in [5.41, 5.74) is 9.59. The summed E-state index contributed by atoms with van der Waals surface area (Å²) in [5, 5.41) is 2.59. The van der Waals surface area contributed by atoms with Gasteiger partial charge >= 0.3 is 0 Å². The minimum atomic E-state index is -0.482. The average molecular weight is 248 g/mol. The van der Waals surface area contributed by atoms with Crippen molar-refractivity contribution in [3.63, 3.8) is 0 Å². The second kappa shape index (κ2) is 5.53. The number of rotatable bonds is 3. The zero-order chi connectivity index (χ0) is 13.9. The van der Waals surface area contributed by atoms with Gasteiger partial charge in [-0.2, -0.15) is 0 Å². The maximum Gasteiger partial charge on any atom is 0.237 e. The zero-order valence-corrected chi connectivity index (χ0v) is 12.0. The van der Waals surface area contributed by atoms with E-state index >= 15 is 0 Å². The van der Waals surface area contributed by atoms with Gasteiger partial charge < -0.3 is 11.1 Å². The highest BCUT2D eigenvalue weighted by atomic mass is 16.2. The molecule has 0 aliphatic rings. The van der Waals surface area contributed by atoms with E-state index in [1.165, 1.54) is 11.1 Å². The molecule has 0 aromatic heterocycles. The number of likely N-dealkylation sites (N-methyl/N-ethyl adjacent to an activating group) is 1. The summed E-state index contributed by atoms with van der Waals surface area (Å²) < 4.78 is 0. The van der Waals surface area contributed by atoms with E-state index in [9.17, 15) is 4.79 Å². The molecule has 3 N–H and O–H groups in total. The van der Waals surface area contributed by atoms with E-state index in [1.807, 2.05) is 0 Å². The predicted octanol–water partition coefficient (Wildman–Crippen LogP) is 1.91. The Morgan fingerprint density at radius 2 is 2.00 bits per heavy atom. The monoisotopic (exact) mass is 248 g/mol. The molecule has 18 heavy (non-hydrogen) atoms. The largest absolute Gasteiger partial charge is 0.358 e. The Labute approximate surface area is 110 Å². The maximum atomic E-state index is 11.5. The molecule has 1 aromatic rings. The van der Waals surface area contributed by atoms with E-state index in [4.69, 9.17) is 5.73 Å². The molecule has 0 aliphatic heterocycles. The van der Waals surface area contributed by atoms with E-state index in [1.54, 1.807) is 7.05 Å². The van der Waals surface area contributed by atoms with Crippen molar-refractivity contribution in [1.29, 1.82) is 0 Å². The number of nitrogens with one attached hydrogen (secondary N) is 1. The van der Waals surface area contributed by atoms with Crippen molar-refractivity contribution >= 4 is 5.91 Å². The molecule has 3 nitrogen and oxygen atoms in total. The van der Waals surface area contributed by atoms with Crippen molar-refractivity contribution in [2.24, 2.45) is 5.73 Å². The fourth-order valence-electron chi connectivity index (χ4n) is 1.87. The lowest BCUT2D eigenvalue weighted by atomic mass is 9.84. The number of carbonyl (C=O) groups excluding carboxylic acids is 1. The zero-order valence-electron chi connectivity index (χ0n) is 12.0. The van der Waals surface area contributed by atoms with Crippen LogP contribution in [0.3, 0.4) is 0 Å². The van der Waals surface area contributed by atoms with Crippen LogP contribution in [0, 0.1) is 6.92 Å². The lowest BCUT2D eigenvalue weighted by molar-refractivity contribution is -0.121. The number of carbonyl (C=O) groups is 1. The summed E-state index contributed by atoms with van der Waals surface area (Å²) in [5.74, 6) is -0.115. The van der Waals surface area contributed by atoms with Gasteiger partial charge in [-0.15, -0.1) is 0 Å². The number of nitrogens with two attached hydrogens (primary N) is 1. The van der Waals surface area contributed by atoms with Crippen LogP contribution in [-0.2, 0) is 16.6 Å². The van der Waals surface area contributed by atoms with Gasteiger partial charge in [0.1, 0.15) is 0 Å². The quantitative estimate of drug-likeness (QED) is 0.858. The van der Waals surface area contributed by atoms with Gasteiger partial charge in [-0.25, -0.2) is 0 Å². The van der Waals surface area contributed by atoms with Gasteiger partial charge in [0.25, 0.3) is 0 Å². The molecular formula is C15H24N2O. The van der Waals surface area contributed by atoms with Crippen molar-refractivity contribution in [3.05, 3.63) is 34.9 Å². The Balaban J connectivity index is 2.98. The van der Waals surface area contributed by atoms with E-state index in [2.05, 4.69) is 51.2 Å². The Kier molecular flexibility index (Phi) is 4.52. The third-order valence-electron chi connectivity index (χ3n) is 3.24. The highest BCUT2D eigenvalue weighted by Crippen LogP contribution is 2.24. The molecule has 0 aliphatic carbocycles. The lowest BCUT2D eigenvalue weighted by Gasteiger charge is -2.21. The fraction of sp³-hybridized carbons (Fsp3) is 0.533. The second-order valence-electron chi connectivity index (χ2n) is 5.82. The van der Waals surface area contributed by atoms with Crippen LogP contribution in [0.15, 0.2) is 18.2 Å². The molecule has 1 aromatic carbocycles. The van der Waals surface area contributed by atoms with Crippen LogP contribution >= 0.6 is 0 Å². The summed E-state index contributed by atoms with van der Waals surface area (Å²) >= 11 is 0. The molecular weight excluding hydrogens is 224 g/mol.